The highest BCUT2D eigenvalue weighted by atomic mass is 32.2. The fraction of sp³-hybridized carbons (Fsp3) is 0.571. The second-order valence-electron chi connectivity index (χ2n) is 4.67. The Kier molecular flexibility index (Phi) is 5.91. The molecule has 0 aromatic carbocycles. The summed E-state index contributed by atoms with van der Waals surface area (Å²) in [7, 11) is 0. The highest BCUT2D eigenvalue weighted by Crippen LogP contribution is 2.29. The van der Waals surface area contributed by atoms with Gasteiger partial charge in [0.05, 0.1) is 5.39 Å². The predicted octanol–water partition coefficient (Wildman–Crippen LogP) is 3.99. The van der Waals surface area contributed by atoms with Crippen molar-refractivity contribution < 1.29 is 0 Å². The SMILES string of the molecule is CCCNc1nc(NCCCSC)c2cc(C)sc2n1. The molecule has 0 atom stereocenters. The first kappa shape index (κ1) is 15.4. The quantitative estimate of drug-likeness (QED) is 0.722. The molecule has 0 amide bonds. The lowest BCUT2D eigenvalue weighted by molar-refractivity contribution is 0.950. The zero-order valence-electron chi connectivity index (χ0n) is 12.3. The summed E-state index contributed by atoms with van der Waals surface area (Å²) in [5.74, 6) is 2.86. The lowest BCUT2D eigenvalue weighted by atomic mass is 10.3. The highest BCUT2D eigenvalue weighted by Gasteiger charge is 2.10. The summed E-state index contributed by atoms with van der Waals surface area (Å²) in [6.45, 7) is 6.11. The first-order valence-electron chi connectivity index (χ1n) is 6.99. The Morgan fingerprint density at radius 2 is 2.10 bits per heavy atom. The first-order valence-corrected chi connectivity index (χ1v) is 9.20. The van der Waals surface area contributed by atoms with Crippen LogP contribution in [0.25, 0.3) is 10.2 Å². The van der Waals surface area contributed by atoms with Crippen LogP contribution in [0.3, 0.4) is 0 Å². The van der Waals surface area contributed by atoms with Crippen LogP contribution in [0.1, 0.15) is 24.6 Å². The van der Waals surface area contributed by atoms with E-state index in [0.29, 0.717) is 0 Å². The van der Waals surface area contributed by atoms with Crippen LogP contribution in [0.4, 0.5) is 11.8 Å². The Hall–Kier alpha value is -1.01. The molecule has 2 N–H and O–H groups in total. The number of thiophene rings is 1. The molecule has 110 valence electrons. The largest absolute Gasteiger partial charge is 0.369 e. The average molecular weight is 310 g/mol. The molecule has 0 aliphatic rings. The number of thioether (sulfide) groups is 1. The van der Waals surface area contributed by atoms with Gasteiger partial charge in [-0.25, -0.2) is 4.98 Å². The number of rotatable bonds is 8. The molecule has 0 aliphatic heterocycles. The molecule has 2 heterocycles. The molecule has 0 spiro atoms. The number of aromatic nitrogens is 2. The van der Waals surface area contributed by atoms with Crippen molar-refractivity contribution in [1.29, 1.82) is 0 Å². The van der Waals surface area contributed by atoms with Gasteiger partial charge in [0.25, 0.3) is 0 Å². The molecule has 0 aliphatic carbocycles. The van der Waals surface area contributed by atoms with E-state index < -0.39 is 0 Å². The molecule has 4 nitrogen and oxygen atoms in total. The van der Waals surface area contributed by atoms with Gasteiger partial charge in [0, 0.05) is 18.0 Å². The first-order chi connectivity index (χ1) is 9.74. The fourth-order valence-corrected chi connectivity index (χ4v) is 3.23. The summed E-state index contributed by atoms with van der Waals surface area (Å²) in [5, 5.41) is 7.87. The monoisotopic (exact) mass is 310 g/mol. The molecule has 20 heavy (non-hydrogen) atoms. The summed E-state index contributed by atoms with van der Waals surface area (Å²) in [6.07, 6.45) is 4.35. The van der Waals surface area contributed by atoms with Gasteiger partial charge < -0.3 is 10.6 Å². The number of aryl methyl sites for hydroxylation is 1. The van der Waals surface area contributed by atoms with Crippen molar-refractivity contribution in [3.05, 3.63) is 10.9 Å². The summed E-state index contributed by atoms with van der Waals surface area (Å²) >= 11 is 3.60. The highest BCUT2D eigenvalue weighted by molar-refractivity contribution is 7.98. The Balaban J connectivity index is 2.19. The number of anilines is 2. The third kappa shape index (κ3) is 3.99. The van der Waals surface area contributed by atoms with Crippen LogP contribution in [0.5, 0.6) is 0 Å². The zero-order chi connectivity index (χ0) is 14.4. The third-order valence-corrected chi connectivity index (χ3v) is 4.51. The van der Waals surface area contributed by atoms with Gasteiger partial charge in [0.1, 0.15) is 10.6 Å². The van der Waals surface area contributed by atoms with Crippen molar-refractivity contribution in [3.8, 4) is 0 Å². The molecule has 2 aromatic rings. The minimum Gasteiger partial charge on any atom is -0.369 e. The van der Waals surface area contributed by atoms with E-state index in [0.717, 1.165) is 47.9 Å². The van der Waals surface area contributed by atoms with E-state index in [2.05, 4.69) is 46.8 Å². The van der Waals surface area contributed by atoms with E-state index in [1.165, 1.54) is 10.6 Å². The van der Waals surface area contributed by atoms with Gasteiger partial charge in [0.2, 0.25) is 5.95 Å². The summed E-state index contributed by atoms with van der Waals surface area (Å²) in [4.78, 5) is 11.5. The van der Waals surface area contributed by atoms with E-state index in [1.54, 1.807) is 11.3 Å². The van der Waals surface area contributed by atoms with Gasteiger partial charge >= 0.3 is 0 Å². The number of nitrogens with zero attached hydrogens (tertiary/aromatic N) is 2. The van der Waals surface area contributed by atoms with Crippen LogP contribution in [0.15, 0.2) is 6.07 Å². The smallest absolute Gasteiger partial charge is 0.226 e. The summed E-state index contributed by atoms with van der Waals surface area (Å²) in [5.41, 5.74) is 0. The molecular formula is C14H22N4S2. The minimum absolute atomic E-state index is 0.730. The molecule has 0 unspecified atom stereocenters. The third-order valence-electron chi connectivity index (χ3n) is 2.87. The van der Waals surface area contributed by atoms with E-state index in [9.17, 15) is 0 Å². The maximum Gasteiger partial charge on any atom is 0.226 e. The lowest BCUT2D eigenvalue weighted by Crippen LogP contribution is -2.09. The summed E-state index contributed by atoms with van der Waals surface area (Å²) in [6, 6.07) is 2.17. The van der Waals surface area contributed by atoms with Crippen molar-refractivity contribution in [2.45, 2.75) is 26.7 Å². The van der Waals surface area contributed by atoms with Gasteiger partial charge in [-0.05, 0) is 37.8 Å². The maximum atomic E-state index is 4.62. The number of hydrogen-bond donors (Lipinski definition) is 2. The van der Waals surface area contributed by atoms with E-state index in [4.69, 9.17) is 0 Å². The Morgan fingerprint density at radius 1 is 1.25 bits per heavy atom. The maximum absolute atomic E-state index is 4.62. The standard InChI is InChI=1S/C14H22N4S2/c1-4-6-16-14-17-12(15-7-5-8-19-3)11-9-10(2)20-13(11)18-14/h9H,4-8H2,1-3H3,(H2,15,16,17,18). The normalized spacial score (nSPS) is 10.9. The molecule has 0 radical (unpaired) electrons. The number of fused-ring (bicyclic) bond motifs is 1. The summed E-state index contributed by atoms with van der Waals surface area (Å²) < 4.78 is 0. The van der Waals surface area contributed by atoms with Crippen LogP contribution in [0.2, 0.25) is 0 Å². The van der Waals surface area contributed by atoms with Crippen molar-refractivity contribution in [2.75, 3.05) is 35.7 Å². The number of hydrogen-bond acceptors (Lipinski definition) is 6. The van der Waals surface area contributed by atoms with Crippen molar-refractivity contribution >= 4 is 45.1 Å². The topological polar surface area (TPSA) is 49.8 Å². The van der Waals surface area contributed by atoms with Gasteiger partial charge in [-0.1, -0.05) is 6.92 Å². The minimum atomic E-state index is 0.730. The molecule has 0 saturated carbocycles. The lowest BCUT2D eigenvalue weighted by Gasteiger charge is -2.09. The molecular weight excluding hydrogens is 288 g/mol. The fourth-order valence-electron chi connectivity index (χ4n) is 1.92. The van der Waals surface area contributed by atoms with Crippen LogP contribution in [-0.2, 0) is 0 Å². The zero-order valence-corrected chi connectivity index (χ0v) is 14.0. The predicted molar refractivity (Wildman–Crippen MR) is 92.4 cm³/mol. The molecule has 0 saturated heterocycles. The van der Waals surface area contributed by atoms with Crippen molar-refractivity contribution in [2.24, 2.45) is 0 Å². The van der Waals surface area contributed by atoms with Crippen LogP contribution < -0.4 is 10.6 Å². The molecule has 2 aromatic heterocycles. The molecule has 0 fully saturated rings. The van der Waals surface area contributed by atoms with Gasteiger partial charge in [-0.15, -0.1) is 11.3 Å². The van der Waals surface area contributed by atoms with Gasteiger partial charge in [-0.3, -0.25) is 0 Å². The Labute approximate surface area is 128 Å². The van der Waals surface area contributed by atoms with Crippen LogP contribution >= 0.6 is 23.1 Å². The van der Waals surface area contributed by atoms with Gasteiger partial charge in [-0.2, -0.15) is 16.7 Å². The Bertz CT molecular complexity index is 553. The van der Waals surface area contributed by atoms with E-state index >= 15 is 0 Å². The molecule has 0 bridgehead atoms. The average Bonchev–Trinajstić information content (AvgIpc) is 2.81. The van der Waals surface area contributed by atoms with E-state index in [1.807, 2.05) is 11.8 Å². The van der Waals surface area contributed by atoms with E-state index in [-0.39, 0.29) is 0 Å². The Morgan fingerprint density at radius 3 is 2.85 bits per heavy atom. The molecule has 6 heteroatoms. The number of nitrogens with one attached hydrogen (secondary N) is 2. The van der Waals surface area contributed by atoms with Crippen molar-refractivity contribution in [1.82, 2.24) is 9.97 Å². The molecule has 2 rings (SSSR count). The second kappa shape index (κ2) is 7.69. The second-order valence-corrected chi connectivity index (χ2v) is 6.89. The van der Waals surface area contributed by atoms with Crippen LogP contribution in [-0.4, -0.2) is 35.1 Å². The van der Waals surface area contributed by atoms with Crippen LogP contribution in [0, 0.1) is 6.92 Å². The van der Waals surface area contributed by atoms with Gasteiger partial charge in [0.15, 0.2) is 0 Å². The van der Waals surface area contributed by atoms with Crippen molar-refractivity contribution in [3.63, 3.8) is 0 Å².